The second-order valence-electron chi connectivity index (χ2n) is 12.7. The molecule has 3 heterocycles. The molecule has 1 N–H and O–H groups in total. The highest BCUT2D eigenvalue weighted by molar-refractivity contribution is 7.89. The molecule has 3 aliphatic rings. The average Bonchev–Trinajstić information content (AvgIpc) is 3.74. The average molecular weight is 676 g/mol. The third kappa shape index (κ3) is 7.36. The van der Waals surface area contributed by atoms with Gasteiger partial charge >= 0.3 is 5.97 Å². The van der Waals surface area contributed by atoms with Crippen molar-refractivity contribution in [1.82, 2.24) is 9.21 Å². The Hall–Kier alpha value is -3.42. The standard InChI is InChI=1S/C34H46FN3O8S/c1-5-8-24(9-6-2)38(25-10-11-27(35)22(3)16-25)31(39)20-36-19-26(23-17-29(44-4)33-30(18-23)45-21-46-33)32(34(40)41)28(36)12-14-37-13-7-15-47(37,42)43/h10-11,16-18,24,26,28,32H,5-9,12-15,19-21H2,1-4H3,(H,40,41). The van der Waals surface area contributed by atoms with Crippen molar-refractivity contribution in [3.63, 3.8) is 0 Å². The summed E-state index contributed by atoms with van der Waals surface area (Å²) < 4.78 is 57.8. The van der Waals surface area contributed by atoms with E-state index in [4.69, 9.17) is 14.2 Å². The Kier molecular flexibility index (Phi) is 11.0. The molecule has 0 spiro atoms. The van der Waals surface area contributed by atoms with Gasteiger partial charge in [0.2, 0.25) is 28.5 Å². The number of hydrogen-bond acceptors (Lipinski definition) is 8. The Morgan fingerprint density at radius 2 is 1.89 bits per heavy atom. The van der Waals surface area contributed by atoms with Crippen LogP contribution in [0.1, 0.15) is 69.4 Å². The van der Waals surface area contributed by atoms with Gasteiger partial charge in [-0.2, -0.15) is 0 Å². The van der Waals surface area contributed by atoms with Gasteiger partial charge in [0.1, 0.15) is 5.82 Å². The molecule has 2 aromatic rings. The van der Waals surface area contributed by atoms with Crippen molar-refractivity contribution in [2.75, 3.05) is 50.7 Å². The first-order valence-electron chi connectivity index (χ1n) is 16.5. The lowest BCUT2D eigenvalue weighted by Crippen LogP contribution is -2.48. The van der Waals surface area contributed by atoms with Crippen molar-refractivity contribution in [2.45, 2.75) is 77.3 Å². The second-order valence-corrected chi connectivity index (χ2v) is 14.8. The number of likely N-dealkylation sites (tertiary alicyclic amines) is 1. The van der Waals surface area contributed by atoms with E-state index in [2.05, 4.69) is 13.8 Å². The molecule has 0 aromatic heterocycles. The predicted octanol–water partition coefficient (Wildman–Crippen LogP) is 4.77. The summed E-state index contributed by atoms with van der Waals surface area (Å²) in [5.74, 6) is -1.69. The van der Waals surface area contributed by atoms with Crippen LogP contribution in [0.2, 0.25) is 0 Å². The Labute approximate surface area is 276 Å². The van der Waals surface area contributed by atoms with E-state index in [1.807, 2.05) is 4.90 Å². The van der Waals surface area contributed by atoms with E-state index in [0.29, 0.717) is 47.0 Å². The number of benzene rings is 2. The van der Waals surface area contributed by atoms with Gasteiger partial charge in [0.25, 0.3) is 0 Å². The van der Waals surface area contributed by atoms with Crippen LogP contribution in [0.25, 0.3) is 0 Å². The summed E-state index contributed by atoms with van der Waals surface area (Å²) in [5, 5.41) is 10.7. The predicted molar refractivity (Wildman–Crippen MR) is 175 cm³/mol. The van der Waals surface area contributed by atoms with Crippen molar-refractivity contribution in [3.8, 4) is 17.2 Å². The van der Waals surface area contributed by atoms with Crippen LogP contribution in [0.3, 0.4) is 0 Å². The van der Waals surface area contributed by atoms with Crippen LogP contribution < -0.4 is 19.1 Å². The number of halogens is 1. The maximum Gasteiger partial charge on any atom is 0.308 e. The highest BCUT2D eigenvalue weighted by atomic mass is 32.2. The number of carboxylic acid groups (broad SMARTS) is 1. The number of fused-ring (bicyclic) bond motifs is 1. The van der Waals surface area contributed by atoms with Crippen LogP contribution in [-0.2, 0) is 19.6 Å². The number of carboxylic acids is 1. The molecule has 0 saturated carbocycles. The molecule has 2 aromatic carbocycles. The number of nitrogens with zero attached hydrogens (tertiary/aromatic N) is 3. The third-order valence-electron chi connectivity index (χ3n) is 9.66. The number of aliphatic carboxylic acids is 1. The Balaban J connectivity index is 1.52. The van der Waals surface area contributed by atoms with Crippen molar-refractivity contribution >= 4 is 27.6 Å². The first-order valence-corrected chi connectivity index (χ1v) is 18.1. The van der Waals surface area contributed by atoms with E-state index in [1.54, 1.807) is 36.1 Å². The number of ether oxygens (including phenoxy) is 3. The minimum Gasteiger partial charge on any atom is -0.493 e. The normalized spacial score (nSPS) is 22.2. The molecule has 2 fully saturated rings. The summed E-state index contributed by atoms with van der Waals surface area (Å²) in [6.45, 7) is 6.52. The van der Waals surface area contributed by atoms with E-state index in [-0.39, 0.29) is 56.4 Å². The lowest BCUT2D eigenvalue weighted by atomic mass is 9.84. The highest BCUT2D eigenvalue weighted by Crippen LogP contribution is 2.47. The molecule has 47 heavy (non-hydrogen) atoms. The molecule has 2 saturated heterocycles. The molecule has 0 radical (unpaired) electrons. The number of carbonyl (C=O) groups excluding carboxylic acids is 1. The van der Waals surface area contributed by atoms with Crippen LogP contribution in [0.15, 0.2) is 30.3 Å². The van der Waals surface area contributed by atoms with Gasteiger partial charge in [-0.15, -0.1) is 0 Å². The number of hydrogen-bond donors (Lipinski definition) is 1. The monoisotopic (exact) mass is 675 g/mol. The summed E-state index contributed by atoms with van der Waals surface area (Å²) in [6, 6.07) is 7.45. The molecule has 5 rings (SSSR count). The molecule has 0 bridgehead atoms. The maximum absolute atomic E-state index is 14.4. The van der Waals surface area contributed by atoms with Crippen molar-refractivity contribution < 1.29 is 41.7 Å². The van der Waals surface area contributed by atoms with Gasteiger partial charge in [0.15, 0.2) is 11.5 Å². The molecular weight excluding hydrogens is 629 g/mol. The smallest absolute Gasteiger partial charge is 0.308 e. The third-order valence-corrected chi connectivity index (χ3v) is 11.6. The van der Waals surface area contributed by atoms with Crippen molar-refractivity contribution in [3.05, 3.63) is 47.3 Å². The van der Waals surface area contributed by atoms with Crippen LogP contribution >= 0.6 is 0 Å². The summed E-state index contributed by atoms with van der Waals surface area (Å²) in [6.07, 6.45) is 3.97. The van der Waals surface area contributed by atoms with Crippen molar-refractivity contribution in [1.29, 1.82) is 0 Å². The zero-order chi connectivity index (χ0) is 33.9. The first-order chi connectivity index (χ1) is 22.5. The number of methoxy groups -OCH3 is 1. The zero-order valence-corrected chi connectivity index (χ0v) is 28.4. The quantitative estimate of drug-likeness (QED) is 0.302. The van der Waals surface area contributed by atoms with Gasteiger partial charge in [0.05, 0.1) is 25.3 Å². The lowest BCUT2D eigenvalue weighted by Gasteiger charge is -2.35. The van der Waals surface area contributed by atoms with Gasteiger partial charge in [-0.3, -0.25) is 14.5 Å². The van der Waals surface area contributed by atoms with E-state index < -0.39 is 33.9 Å². The zero-order valence-electron chi connectivity index (χ0n) is 27.6. The van der Waals surface area contributed by atoms with Crippen LogP contribution in [0.4, 0.5) is 10.1 Å². The lowest BCUT2D eigenvalue weighted by molar-refractivity contribution is -0.143. The summed E-state index contributed by atoms with van der Waals surface area (Å²) in [4.78, 5) is 31.2. The number of sulfonamides is 1. The molecule has 3 unspecified atom stereocenters. The second kappa shape index (κ2) is 14.8. The Morgan fingerprint density at radius 3 is 2.51 bits per heavy atom. The van der Waals surface area contributed by atoms with Crippen LogP contribution in [-0.4, -0.2) is 92.5 Å². The van der Waals surface area contributed by atoms with Crippen LogP contribution in [0, 0.1) is 18.7 Å². The number of amides is 1. The van der Waals surface area contributed by atoms with Gasteiger partial charge in [-0.1, -0.05) is 26.7 Å². The number of carbonyl (C=O) groups is 2. The molecule has 1 amide bonds. The molecule has 3 atom stereocenters. The molecule has 11 nitrogen and oxygen atoms in total. The van der Waals surface area contributed by atoms with Crippen molar-refractivity contribution in [2.24, 2.45) is 5.92 Å². The molecule has 0 aliphatic carbocycles. The summed E-state index contributed by atoms with van der Waals surface area (Å²) >= 11 is 0. The number of rotatable bonds is 14. The highest BCUT2D eigenvalue weighted by Gasteiger charge is 2.48. The summed E-state index contributed by atoms with van der Waals surface area (Å²) in [7, 11) is -1.90. The molecule has 3 aliphatic heterocycles. The first kappa shape index (κ1) is 34.9. The van der Waals surface area contributed by atoms with Crippen LogP contribution in [0.5, 0.6) is 17.2 Å². The fourth-order valence-corrected chi connectivity index (χ4v) is 8.97. The minimum absolute atomic E-state index is 0.0190. The SMILES string of the molecule is CCCC(CCC)N(C(=O)CN1CC(c2cc(OC)c3c(c2)OCO3)C(C(=O)O)C1CCN1CCCS1(=O)=O)c1ccc(F)c(C)c1. The summed E-state index contributed by atoms with van der Waals surface area (Å²) in [5.41, 5.74) is 1.71. The van der Waals surface area contributed by atoms with Gasteiger partial charge < -0.3 is 24.2 Å². The van der Waals surface area contributed by atoms with E-state index >= 15 is 0 Å². The molecular formula is C34H46FN3O8S. The van der Waals surface area contributed by atoms with E-state index in [9.17, 15) is 27.5 Å². The Morgan fingerprint density at radius 1 is 1.15 bits per heavy atom. The van der Waals surface area contributed by atoms with Gasteiger partial charge in [-0.25, -0.2) is 17.1 Å². The largest absolute Gasteiger partial charge is 0.493 e. The van der Waals surface area contributed by atoms with E-state index in [1.165, 1.54) is 17.5 Å². The number of anilines is 1. The Bertz CT molecular complexity index is 1560. The van der Waals surface area contributed by atoms with Gasteiger partial charge in [0, 0.05) is 43.3 Å². The van der Waals surface area contributed by atoms with E-state index in [0.717, 1.165) is 25.7 Å². The van der Waals surface area contributed by atoms with Gasteiger partial charge in [-0.05, 0) is 74.1 Å². The fraction of sp³-hybridized carbons (Fsp3) is 0.588. The topological polar surface area (TPSA) is 126 Å². The fourth-order valence-electron chi connectivity index (χ4n) is 7.43. The molecule has 13 heteroatoms. The minimum atomic E-state index is -3.40. The maximum atomic E-state index is 14.4. The number of aryl methyl sites for hydroxylation is 1. The molecule has 258 valence electrons.